The number of carbonyl (C=O) groups is 2. The Balaban J connectivity index is 2.19. The quantitative estimate of drug-likeness (QED) is 0.696. The number of carbonyl (C=O) groups excluding carboxylic acids is 2. The lowest BCUT2D eigenvalue weighted by Gasteiger charge is -2.33. The molecule has 2 heterocycles. The van der Waals surface area contributed by atoms with Crippen LogP contribution < -0.4 is 5.32 Å². The third-order valence-corrected chi connectivity index (χ3v) is 3.88. The van der Waals surface area contributed by atoms with Crippen LogP contribution in [0.4, 0.5) is 4.79 Å². The van der Waals surface area contributed by atoms with Crippen molar-refractivity contribution in [3.8, 4) is 0 Å². The summed E-state index contributed by atoms with van der Waals surface area (Å²) in [6.45, 7) is 1.90. The predicted octanol–water partition coefficient (Wildman–Crippen LogP) is 1.10. The van der Waals surface area contributed by atoms with Gasteiger partial charge in [0.2, 0.25) is 0 Å². The molecule has 1 aliphatic heterocycles. The van der Waals surface area contributed by atoms with Gasteiger partial charge >= 0.3 is 6.03 Å². The highest BCUT2D eigenvalue weighted by Crippen LogP contribution is 2.39. The van der Waals surface area contributed by atoms with Crippen molar-refractivity contribution >= 4 is 11.9 Å². The lowest BCUT2D eigenvalue weighted by Crippen LogP contribution is -2.46. The Morgan fingerprint density at radius 1 is 1.44 bits per heavy atom. The van der Waals surface area contributed by atoms with E-state index in [0.717, 1.165) is 29.7 Å². The number of imide groups is 1. The van der Waals surface area contributed by atoms with Gasteiger partial charge in [0.25, 0.3) is 5.91 Å². The summed E-state index contributed by atoms with van der Waals surface area (Å²) in [7, 11) is 1.52. The van der Waals surface area contributed by atoms with Crippen LogP contribution in [0.5, 0.6) is 0 Å². The van der Waals surface area contributed by atoms with Gasteiger partial charge in [0.1, 0.15) is 5.54 Å². The molecular formula is C13H15N3O2. The van der Waals surface area contributed by atoms with Gasteiger partial charge in [-0.2, -0.15) is 0 Å². The molecule has 0 radical (unpaired) electrons. The summed E-state index contributed by atoms with van der Waals surface area (Å²) < 4.78 is 0. The highest BCUT2D eigenvalue weighted by atomic mass is 16.2. The molecular weight excluding hydrogens is 230 g/mol. The van der Waals surface area contributed by atoms with Crippen LogP contribution in [0.25, 0.3) is 0 Å². The van der Waals surface area contributed by atoms with E-state index in [4.69, 9.17) is 0 Å². The minimum atomic E-state index is -0.854. The summed E-state index contributed by atoms with van der Waals surface area (Å²) in [5.41, 5.74) is 2.00. The van der Waals surface area contributed by atoms with Crippen LogP contribution in [-0.2, 0) is 16.8 Å². The highest BCUT2D eigenvalue weighted by Gasteiger charge is 2.52. The SMILES string of the molecule is Cc1cc2c(cn1)CCCC21NC(=O)N(C)C1=O. The number of likely N-dealkylation sites (N-methyl/N-ethyl adjacent to an activating group) is 1. The van der Waals surface area contributed by atoms with Gasteiger partial charge in [0.15, 0.2) is 0 Å². The number of pyridine rings is 1. The molecule has 1 aromatic heterocycles. The van der Waals surface area contributed by atoms with E-state index in [1.807, 2.05) is 19.2 Å². The second-order valence-electron chi connectivity index (χ2n) is 5.04. The molecule has 3 amide bonds. The minimum absolute atomic E-state index is 0.154. The van der Waals surface area contributed by atoms with Crippen molar-refractivity contribution in [3.05, 3.63) is 29.1 Å². The van der Waals surface area contributed by atoms with E-state index < -0.39 is 5.54 Å². The van der Waals surface area contributed by atoms with Crippen molar-refractivity contribution in [2.75, 3.05) is 7.05 Å². The predicted molar refractivity (Wildman–Crippen MR) is 64.9 cm³/mol. The van der Waals surface area contributed by atoms with Gasteiger partial charge in [-0.05, 0) is 43.4 Å². The zero-order chi connectivity index (χ0) is 12.9. The molecule has 5 heteroatoms. The smallest absolute Gasteiger partial charge is 0.319 e. The lowest BCUT2D eigenvalue weighted by molar-refractivity contribution is -0.131. The molecule has 1 atom stereocenters. The second-order valence-corrected chi connectivity index (χ2v) is 5.04. The summed E-state index contributed by atoms with van der Waals surface area (Å²) in [4.78, 5) is 29.6. The Bertz CT molecular complexity index is 555. The molecule has 1 aromatic rings. The van der Waals surface area contributed by atoms with E-state index in [1.165, 1.54) is 11.9 Å². The lowest BCUT2D eigenvalue weighted by atomic mass is 9.77. The number of hydrogen-bond acceptors (Lipinski definition) is 3. The molecule has 1 spiro atoms. The first kappa shape index (κ1) is 11.2. The second kappa shape index (κ2) is 3.54. The molecule has 18 heavy (non-hydrogen) atoms. The number of nitrogens with zero attached hydrogens (tertiary/aromatic N) is 2. The fourth-order valence-corrected chi connectivity index (χ4v) is 2.91. The number of aryl methyl sites for hydroxylation is 2. The first-order valence-corrected chi connectivity index (χ1v) is 6.11. The summed E-state index contributed by atoms with van der Waals surface area (Å²) in [5, 5.41) is 2.86. The van der Waals surface area contributed by atoms with Crippen LogP contribution in [0, 0.1) is 6.92 Å². The fourth-order valence-electron chi connectivity index (χ4n) is 2.91. The number of amides is 3. The molecule has 1 fully saturated rings. The van der Waals surface area contributed by atoms with Crippen LogP contribution in [0.2, 0.25) is 0 Å². The van der Waals surface area contributed by atoms with Crippen molar-refractivity contribution in [1.82, 2.24) is 15.2 Å². The zero-order valence-corrected chi connectivity index (χ0v) is 10.5. The Morgan fingerprint density at radius 2 is 2.22 bits per heavy atom. The average molecular weight is 245 g/mol. The summed E-state index contributed by atoms with van der Waals surface area (Å²) in [6, 6.07) is 1.61. The maximum atomic E-state index is 12.4. The van der Waals surface area contributed by atoms with Gasteiger partial charge in [-0.25, -0.2) is 4.79 Å². The molecule has 1 unspecified atom stereocenters. The fraction of sp³-hybridized carbons (Fsp3) is 0.462. The summed E-state index contributed by atoms with van der Waals surface area (Å²) in [5.74, 6) is -0.154. The average Bonchev–Trinajstić information content (AvgIpc) is 2.56. The number of hydrogen-bond donors (Lipinski definition) is 1. The molecule has 2 aliphatic rings. The van der Waals surface area contributed by atoms with E-state index in [1.54, 1.807) is 0 Å². The summed E-state index contributed by atoms with van der Waals surface area (Å²) >= 11 is 0. The number of rotatable bonds is 0. The number of fused-ring (bicyclic) bond motifs is 2. The Labute approximate surface area is 105 Å². The van der Waals surface area contributed by atoms with Gasteiger partial charge in [0, 0.05) is 18.9 Å². The van der Waals surface area contributed by atoms with Crippen molar-refractivity contribution in [1.29, 1.82) is 0 Å². The molecule has 1 aliphatic carbocycles. The van der Waals surface area contributed by atoms with Crippen LogP contribution >= 0.6 is 0 Å². The number of urea groups is 1. The molecule has 5 nitrogen and oxygen atoms in total. The topological polar surface area (TPSA) is 62.3 Å². The third-order valence-electron chi connectivity index (χ3n) is 3.88. The molecule has 0 bridgehead atoms. The number of aromatic nitrogens is 1. The van der Waals surface area contributed by atoms with E-state index in [2.05, 4.69) is 10.3 Å². The zero-order valence-electron chi connectivity index (χ0n) is 10.5. The first-order valence-electron chi connectivity index (χ1n) is 6.11. The van der Waals surface area contributed by atoms with Crippen LogP contribution in [-0.4, -0.2) is 28.9 Å². The highest BCUT2D eigenvalue weighted by molar-refractivity contribution is 6.07. The van der Waals surface area contributed by atoms with Gasteiger partial charge < -0.3 is 5.32 Å². The largest absolute Gasteiger partial charge is 0.325 e. The molecule has 3 rings (SSSR count). The van der Waals surface area contributed by atoms with Crippen molar-refractivity contribution < 1.29 is 9.59 Å². The van der Waals surface area contributed by atoms with Crippen LogP contribution in [0.1, 0.15) is 29.7 Å². The normalized spacial score (nSPS) is 26.4. The van der Waals surface area contributed by atoms with Crippen molar-refractivity contribution in [2.45, 2.75) is 31.7 Å². The van der Waals surface area contributed by atoms with Gasteiger partial charge in [-0.3, -0.25) is 14.7 Å². The van der Waals surface area contributed by atoms with Crippen molar-refractivity contribution in [2.24, 2.45) is 0 Å². The molecule has 1 N–H and O–H groups in total. The molecule has 1 saturated heterocycles. The molecule has 0 saturated carbocycles. The molecule has 94 valence electrons. The molecule has 0 aromatic carbocycles. The Kier molecular flexibility index (Phi) is 2.20. The first-order chi connectivity index (χ1) is 8.54. The van der Waals surface area contributed by atoms with Gasteiger partial charge in [-0.1, -0.05) is 0 Å². The maximum Gasteiger partial charge on any atom is 0.325 e. The summed E-state index contributed by atoms with van der Waals surface area (Å²) in [6.07, 6.45) is 4.29. The van der Waals surface area contributed by atoms with E-state index in [-0.39, 0.29) is 11.9 Å². The minimum Gasteiger partial charge on any atom is -0.319 e. The monoisotopic (exact) mass is 245 g/mol. The van der Waals surface area contributed by atoms with E-state index in [0.29, 0.717) is 6.42 Å². The van der Waals surface area contributed by atoms with Crippen LogP contribution in [0.15, 0.2) is 12.3 Å². The van der Waals surface area contributed by atoms with Crippen molar-refractivity contribution in [3.63, 3.8) is 0 Å². The van der Waals surface area contributed by atoms with Crippen LogP contribution in [0.3, 0.4) is 0 Å². The Morgan fingerprint density at radius 3 is 2.89 bits per heavy atom. The maximum absolute atomic E-state index is 12.4. The standard InChI is InChI=1S/C13H15N3O2/c1-8-6-10-9(7-14-8)4-3-5-13(10)11(17)16(2)12(18)15-13/h6-7H,3-5H2,1-2H3,(H,15,18). The van der Waals surface area contributed by atoms with E-state index >= 15 is 0 Å². The van der Waals surface area contributed by atoms with Gasteiger partial charge in [-0.15, -0.1) is 0 Å². The number of nitrogens with one attached hydrogen (secondary N) is 1. The van der Waals surface area contributed by atoms with E-state index in [9.17, 15) is 9.59 Å². The third kappa shape index (κ3) is 1.30. The Hall–Kier alpha value is -1.91. The van der Waals surface area contributed by atoms with Gasteiger partial charge in [0.05, 0.1) is 0 Å².